The van der Waals surface area contributed by atoms with E-state index >= 15 is 0 Å². The Balaban J connectivity index is 1.65. The normalized spacial score (nSPS) is 12.6. The zero-order valence-electron chi connectivity index (χ0n) is 17.9. The molecule has 0 radical (unpaired) electrons. The van der Waals surface area contributed by atoms with Gasteiger partial charge in [-0.05, 0) is 60.9 Å². The van der Waals surface area contributed by atoms with Gasteiger partial charge in [-0.2, -0.15) is 5.10 Å². The van der Waals surface area contributed by atoms with E-state index in [1.165, 1.54) is 0 Å². The Morgan fingerprint density at radius 2 is 2.03 bits per heavy atom. The molecule has 0 aliphatic heterocycles. The van der Waals surface area contributed by atoms with Crippen molar-refractivity contribution >= 4 is 27.6 Å². The molecule has 0 bridgehead atoms. The number of nitrogens with one attached hydrogen (secondary N) is 2. The molecule has 0 aliphatic carbocycles. The molecule has 0 amide bonds. The summed E-state index contributed by atoms with van der Waals surface area (Å²) in [6, 6.07) is 12.1. The van der Waals surface area contributed by atoms with Crippen LogP contribution in [0.4, 0.5) is 0 Å². The van der Waals surface area contributed by atoms with Crippen molar-refractivity contribution in [1.82, 2.24) is 30.1 Å². The maximum Gasteiger partial charge on any atom is 0.138 e. The third-order valence-corrected chi connectivity index (χ3v) is 5.52. The Morgan fingerprint density at radius 3 is 2.81 bits per heavy atom. The fraction of sp³-hybridized carbons (Fsp3) is 0.0769. The first-order valence-corrected chi connectivity index (χ1v) is 10.4. The third kappa shape index (κ3) is 3.32. The van der Waals surface area contributed by atoms with E-state index in [2.05, 4.69) is 50.8 Å². The number of aromatic nitrogens is 6. The van der Waals surface area contributed by atoms with Crippen LogP contribution in [0.2, 0.25) is 0 Å². The van der Waals surface area contributed by atoms with Gasteiger partial charge in [-0.15, -0.1) is 0 Å². The SMILES string of the molecule is C=C/C=C(C)\C(=C/C)c1ccc2[nH]nc(-c3cc4c(-c5cccnc5)ccnc4[nH]3)c2n1. The van der Waals surface area contributed by atoms with Crippen LogP contribution in [-0.4, -0.2) is 30.1 Å². The minimum atomic E-state index is 0.762. The molecule has 0 atom stereocenters. The number of allylic oxidation sites excluding steroid dienone is 5. The number of rotatable bonds is 5. The second-order valence-electron chi connectivity index (χ2n) is 7.50. The number of aromatic amines is 2. The molecule has 0 spiro atoms. The van der Waals surface area contributed by atoms with Crippen molar-refractivity contribution in [2.24, 2.45) is 0 Å². The number of hydrogen-bond donors (Lipinski definition) is 2. The lowest BCUT2D eigenvalue weighted by Crippen LogP contribution is -1.92. The monoisotopic (exact) mass is 418 g/mol. The van der Waals surface area contributed by atoms with Gasteiger partial charge in [0.05, 0.1) is 16.9 Å². The van der Waals surface area contributed by atoms with Gasteiger partial charge in [-0.1, -0.05) is 30.9 Å². The number of hydrogen-bond acceptors (Lipinski definition) is 4. The number of pyridine rings is 3. The summed E-state index contributed by atoms with van der Waals surface area (Å²) in [7, 11) is 0. The van der Waals surface area contributed by atoms with E-state index in [9.17, 15) is 0 Å². The summed E-state index contributed by atoms with van der Waals surface area (Å²) in [5.74, 6) is 0. The largest absolute Gasteiger partial charge is 0.338 e. The topological polar surface area (TPSA) is 83.1 Å². The summed E-state index contributed by atoms with van der Waals surface area (Å²) in [6.07, 6.45) is 11.3. The van der Waals surface area contributed by atoms with E-state index in [-0.39, 0.29) is 0 Å². The molecule has 2 N–H and O–H groups in total. The molecule has 6 nitrogen and oxygen atoms in total. The first-order chi connectivity index (χ1) is 15.7. The highest BCUT2D eigenvalue weighted by molar-refractivity contribution is 5.99. The van der Waals surface area contributed by atoms with Crippen molar-refractivity contribution in [1.29, 1.82) is 0 Å². The molecule has 0 fully saturated rings. The molecular weight excluding hydrogens is 396 g/mol. The second kappa shape index (κ2) is 8.07. The van der Waals surface area contributed by atoms with Crippen LogP contribution in [0.15, 0.2) is 85.4 Å². The maximum atomic E-state index is 4.95. The van der Waals surface area contributed by atoms with Crippen LogP contribution in [0.25, 0.3) is 50.2 Å². The van der Waals surface area contributed by atoms with E-state index < -0.39 is 0 Å². The Kier molecular flexibility index (Phi) is 4.95. The number of H-pyrrole nitrogens is 2. The number of nitrogens with zero attached hydrogens (tertiary/aromatic N) is 4. The van der Waals surface area contributed by atoms with Crippen molar-refractivity contribution in [3.63, 3.8) is 0 Å². The van der Waals surface area contributed by atoms with E-state index in [1.54, 1.807) is 18.5 Å². The zero-order chi connectivity index (χ0) is 22.1. The van der Waals surface area contributed by atoms with Crippen LogP contribution in [0.5, 0.6) is 0 Å². The van der Waals surface area contributed by atoms with Crippen LogP contribution in [0.3, 0.4) is 0 Å². The highest BCUT2D eigenvalue weighted by Gasteiger charge is 2.16. The Hall–Kier alpha value is -4.32. The Labute approximate surface area is 185 Å². The number of fused-ring (bicyclic) bond motifs is 2. The lowest BCUT2D eigenvalue weighted by Gasteiger charge is -2.07. The Bertz CT molecular complexity index is 1500. The molecule has 0 aromatic carbocycles. The predicted molar refractivity (Wildman–Crippen MR) is 130 cm³/mol. The molecule has 0 unspecified atom stereocenters. The molecule has 0 saturated carbocycles. The molecule has 6 heteroatoms. The molecule has 32 heavy (non-hydrogen) atoms. The van der Waals surface area contributed by atoms with Gasteiger partial charge in [0.2, 0.25) is 0 Å². The van der Waals surface area contributed by atoms with Crippen LogP contribution >= 0.6 is 0 Å². The van der Waals surface area contributed by atoms with Gasteiger partial charge < -0.3 is 4.98 Å². The standard InChI is InChI=1S/C26H22N6/c1-4-7-16(3)18(5-2)21-9-10-22-24(29-21)25(32-31-22)23-14-20-19(11-13-28-26(20)30-23)17-8-6-12-27-15-17/h4-15H,1H2,2-3H3,(H,28,30)(H,31,32)/b16-7-,18-5+. The van der Waals surface area contributed by atoms with Gasteiger partial charge in [0.25, 0.3) is 0 Å². The zero-order valence-corrected chi connectivity index (χ0v) is 17.9. The predicted octanol–water partition coefficient (Wildman–Crippen LogP) is 6.10. The van der Waals surface area contributed by atoms with Gasteiger partial charge in [0.1, 0.15) is 16.9 Å². The fourth-order valence-corrected chi connectivity index (χ4v) is 4.01. The van der Waals surface area contributed by atoms with Crippen LogP contribution in [0.1, 0.15) is 19.5 Å². The molecule has 0 aliphatic rings. The molecular formula is C26H22N6. The third-order valence-electron chi connectivity index (χ3n) is 5.52. The minimum Gasteiger partial charge on any atom is -0.338 e. The maximum absolute atomic E-state index is 4.95. The molecule has 5 rings (SSSR count). The highest BCUT2D eigenvalue weighted by Crippen LogP contribution is 2.33. The Morgan fingerprint density at radius 1 is 1.12 bits per heavy atom. The molecule has 0 saturated heterocycles. The van der Waals surface area contributed by atoms with Gasteiger partial charge >= 0.3 is 0 Å². The summed E-state index contributed by atoms with van der Waals surface area (Å²) >= 11 is 0. The van der Waals surface area contributed by atoms with E-state index in [1.807, 2.05) is 49.5 Å². The highest BCUT2D eigenvalue weighted by atomic mass is 15.1. The van der Waals surface area contributed by atoms with Crippen molar-refractivity contribution in [2.45, 2.75) is 13.8 Å². The average molecular weight is 419 g/mol. The first kappa shape index (κ1) is 19.6. The van der Waals surface area contributed by atoms with Gasteiger partial charge in [0.15, 0.2) is 0 Å². The fourth-order valence-electron chi connectivity index (χ4n) is 4.01. The summed E-state index contributed by atoms with van der Waals surface area (Å²) in [5.41, 5.74) is 9.28. The second-order valence-corrected chi connectivity index (χ2v) is 7.50. The van der Waals surface area contributed by atoms with Gasteiger partial charge in [-0.25, -0.2) is 9.97 Å². The van der Waals surface area contributed by atoms with Crippen molar-refractivity contribution in [3.05, 3.63) is 91.1 Å². The molecule has 5 aromatic heterocycles. The van der Waals surface area contributed by atoms with Gasteiger partial charge in [0, 0.05) is 29.5 Å². The van der Waals surface area contributed by atoms with E-state index in [4.69, 9.17) is 4.98 Å². The summed E-state index contributed by atoms with van der Waals surface area (Å²) in [6.45, 7) is 7.88. The average Bonchev–Trinajstić information content (AvgIpc) is 3.44. The quantitative estimate of drug-likeness (QED) is 0.338. The minimum absolute atomic E-state index is 0.762. The summed E-state index contributed by atoms with van der Waals surface area (Å²) < 4.78 is 0. The first-order valence-electron chi connectivity index (χ1n) is 10.4. The molecule has 5 heterocycles. The summed E-state index contributed by atoms with van der Waals surface area (Å²) in [5, 5.41) is 8.68. The molecule has 5 aromatic rings. The van der Waals surface area contributed by atoms with E-state index in [0.717, 1.165) is 61.4 Å². The van der Waals surface area contributed by atoms with Crippen molar-refractivity contribution < 1.29 is 0 Å². The van der Waals surface area contributed by atoms with Crippen LogP contribution in [0, 0.1) is 0 Å². The lowest BCUT2D eigenvalue weighted by atomic mass is 10.0. The van der Waals surface area contributed by atoms with Crippen molar-refractivity contribution in [3.8, 4) is 22.5 Å². The smallest absolute Gasteiger partial charge is 0.138 e. The van der Waals surface area contributed by atoms with E-state index in [0.29, 0.717) is 0 Å². The van der Waals surface area contributed by atoms with Crippen LogP contribution < -0.4 is 0 Å². The van der Waals surface area contributed by atoms with Gasteiger partial charge in [-0.3, -0.25) is 10.1 Å². The van der Waals surface area contributed by atoms with Crippen LogP contribution in [-0.2, 0) is 0 Å². The summed E-state index contributed by atoms with van der Waals surface area (Å²) in [4.78, 5) is 17.1. The molecule has 156 valence electrons. The lowest BCUT2D eigenvalue weighted by molar-refractivity contribution is 1.12. The van der Waals surface area contributed by atoms with Crippen molar-refractivity contribution in [2.75, 3.05) is 0 Å².